The largest absolute Gasteiger partial charge is 0.508 e. The molecular weight excluding hydrogens is 390 g/mol. The number of aryl methyl sites for hydroxylation is 1. The van der Waals surface area contributed by atoms with Crippen LogP contribution in [0.4, 0.5) is 5.82 Å². The van der Waals surface area contributed by atoms with Gasteiger partial charge in [-0.05, 0) is 49.4 Å². The average molecular weight is 418 g/mol. The van der Waals surface area contributed by atoms with Crippen LogP contribution >= 0.6 is 0 Å². The van der Waals surface area contributed by atoms with E-state index in [1.165, 1.54) is 6.07 Å². The van der Waals surface area contributed by atoms with Crippen LogP contribution in [-0.2, 0) is 6.42 Å². The fourth-order valence-corrected chi connectivity index (χ4v) is 3.84. The molecule has 0 radical (unpaired) electrons. The zero-order chi connectivity index (χ0) is 21.8. The van der Waals surface area contributed by atoms with E-state index in [4.69, 9.17) is 4.98 Å². The highest BCUT2D eigenvalue weighted by atomic mass is 16.3. The lowest BCUT2D eigenvalue weighted by Crippen LogP contribution is -2.46. The smallest absolute Gasteiger partial charge is 0.168 e. The van der Waals surface area contributed by atoms with E-state index >= 15 is 0 Å². The van der Waals surface area contributed by atoms with Crippen LogP contribution < -0.4 is 4.90 Å². The molecule has 1 aromatic carbocycles. The van der Waals surface area contributed by atoms with Crippen LogP contribution in [-0.4, -0.2) is 63.5 Å². The Bertz CT molecular complexity index is 1040. The Hall–Kier alpha value is -3.32. The Labute approximate surface area is 182 Å². The second-order valence-corrected chi connectivity index (χ2v) is 7.86. The maximum atomic E-state index is 12.9. The van der Waals surface area contributed by atoms with Gasteiger partial charge in [0.1, 0.15) is 11.6 Å². The Morgan fingerprint density at radius 3 is 2.58 bits per heavy atom. The number of benzene rings is 1. The van der Waals surface area contributed by atoms with Gasteiger partial charge in [0.15, 0.2) is 11.6 Å². The molecule has 1 aliphatic rings. The molecule has 31 heavy (non-hydrogen) atoms. The van der Waals surface area contributed by atoms with Gasteiger partial charge in [0.25, 0.3) is 0 Å². The number of likely N-dealkylation sites (N-methyl/N-ethyl adjacent to an activating group) is 1. The molecule has 7 nitrogen and oxygen atoms in total. The summed E-state index contributed by atoms with van der Waals surface area (Å²) in [7, 11) is 0. The van der Waals surface area contributed by atoms with Crippen LogP contribution in [0.1, 0.15) is 28.5 Å². The van der Waals surface area contributed by atoms with Crippen LogP contribution in [0.15, 0.2) is 48.8 Å². The summed E-state index contributed by atoms with van der Waals surface area (Å²) in [5.74, 6) is 1.41. The number of Topliss-reactive ketones (excluding diaryl/α,β-unsaturated/α-hetero) is 1. The van der Waals surface area contributed by atoms with E-state index in [1.807, 2.05) is 25.1 Å². The van der Waals surface area contributed by atoms with Crippen molar-refractivity contribution >= 4 is 11.6 Å². The van der Waals surface area contributed by atoms with Crippen molar-refractivity contribution < 1.29 is 9.90 Å². The molecule has 1 aliphatic heterocycles. The molecule has 0 spiro atoms. The first kappa shape index (κ1) is 20.9. The lowest BCUT2D eigenvalue weighted by atomic mass is 10.0. The Kier molecular flexibility index (Phi) is 6.23. The van der Waals surface area contributed by atoms with Gasteiger partial charge in [0.05, 0.1) is 12.1 Å². The van der Waals surface area contributed by atoms with Crippen LogP contribution in [0, 0.1) is 6.92 Å². The highest BCUT2D eigenvalue weighted by Gasteiger charge is 2.20. The van der Waals surface area contributed by atoms with Gasteiger partial charge in [-0.15, -0.1) is 0 Å². The maximum Gasteiger partial charge on any atom is 0.168 e. The van der Waals surface area contributed by atoms with Crippen LogP contribution in [0.5, 0.6) is 5.75 Å². The van der Waals surface area contributed by atoms with Crippen molar-refractivity contribution in [3.8, 4) is 17.1 Å². The molecule has 7 heteroatoms. The molecule has 4 rings (SSSR count). The predicted octanol–water partition coefficient (Wildman–Crippen LogP) is 3.12. The second-order valence-electron chi connectivity index (χ2n) is 7.86. The maximum absolute atomic E-state index is 12.9. The number of nitrogens with zero attached hydrogens (tertiary/aromatic N) is 5. The third-order valence-corrected chi connectivity index (χ3v) is 5.55. The highest BCUT2D eigenvalue weighted by molar-refractivity contribution is 5.98. The van der Waals surface area contributed by atoms with Gasteiger partial charge in [0, 0.05) is 55.8 Å². The zero-order valence-electron chi connectivity index (χ0n) is 18.0. The predicted molar refractivity (Wildman–Crippen MR) is 120 cm³/mol. The van der Waals surface area contributed by atoms with Gasteiger partial charge < -0.3 is 14.9 Å². The summed E-state index contributed by atoms with van der Waals surface area (Å²) in [6.07, 6.45) is 3.59. The summed E-state index contributed by atoms with van der Waals surface area (Å²) >= 11 is 0. The van der Waals surface area contributed by atoms with Crippen molar-refractivity contribution in [2.24, 2.45) is 0 Å². The molecule has 0 bridgehead atoms. The number of anilines is 1. The number of phenolic OH excluding ortho intramolecular Hbond substituents is 1. The topological polar surface area (TPSA) is 82.5 Å². The first-order valence-electron chi connectivity index (χ1n) is 10.6. The van der Waals surface area contributed by atoms with Crippen LogP contribution in [0.25, 0.3) is 11.4 Å². The number of carbonyl (C=O) groups excluding carboxylic acids is 1. The van der Waals surface area contributed by atoms with E-state index in [0.29, 0.717) is 17.1 Å². The Morgan fingerprint density at radius 2 is 1.90 bits per heavy atom. The Morgan fingerprint density at radius 1 is 1.10 bits per heavy atom. The van der Waals surface area contributed by atoms with Crippen molar-refractivity contribution in [2.75, 3.05) is 37.6 Å². The molecule has 0 aliphatic carbocycles. The van der Waals surface area contributed by atoms with Crippen LogP contribution in [0.2, 0.25) is 0 Å². The number of hydrogen-bond donors (Lipinski definition) is 1. The molecular formula is C24H27N5O2. The molecule has 3 heterocycles. The van der Waals surface area contributed by atoms with Crippen molar-refractivity contribution in [1.82, 2.24) is 19.9 Å². The summed E-state index contributed by atoms with van der Waals surface area (Å²) < 4.78 is 0. The summed E-state index contributed by atoms with van der Waals surface area (Å²) in [5.41, 5.74) is 2.81. The highest BCUT2D eigenvalue weighted by Crippen LogP contribution is 2.23. The first-order valence-corrected chi connectivity index (χ1v) is 10.6. The molecule has 0 amide bonds. The number of ketones is 1. The SMILES string of the molecule is CCN1CCN(c2cc(CC(=O)c3cc(C)cc(O)c3)nc(-c3cccnc3)n2)CC1. The lowest BCUT2D eigenvalue weighted by molar-refractivity contribution is 0.0991. The van der Waals surface area contributed by atoms with Crippen LogP contribution in [0.3, 0.4) is 0 Å². The standard InChI is InChI=1S/C24H27N5O2/c1-3-28-7-9-29(10-8-28)23-15-20(26-24(27-23)18-5-4-6-25-16-18)14-22(31)19-11-17(2)12-21(30)13-19/h4-6,11-13,15-16,30H,3,7-10,14H2,1-2H3. The molecule has 2 aromatic heterocycles. The van der Waals surface area contributed by atoms with E-state index in [9.17, 15) is 9.90 Å². The Balaban J connectivity index is 1.65. The molecule has 1 saturated heterocycles. The quantitative estimate of drug-likeness (QED) is 0.617. The number of rotatable bonds is 6. The third kappa shape index (κ3) is 5.06. The number of phenols is 1. The fourth-order valence-electron chi connectivity index (χ4n) is 3.84. The molecule has 1 N–H and O–H groups in total. The number of aromatic hydroxyl groups is 1. The summed E-state index contributed by atoms with van der Waals surface area (Å²) in [6, 6.07) is 10.6. The molecule has 0 saturated carbocycles. The summed E-state index contributed by atoms with van der Waals surface area (Å²) in [4.78, 5) is 31.2. The minimum absolute atomic E-state index is 0.0865. The lowest BCUT2D eigenvalue weighted by Gasteiger charge is -2.35. The molecule has 0 unspecified atom stereocenters. The second kappa shape index (κ2) is 9.22. The van der Waals surface area contributed by atoms with Crippen molar-refractivity contribution in [2.45, 2.75) is 20.3 Å². The molecule has 160 valence electrons. The zero-order valence-corrected chi connectivity index (χ0v) is 18.0. The van der Waals surface area contributed by atoms with E-state index in [0.717, 1.165) is 49.7 Å². The van der Waals surface area contributed by atoms with Gasteiger partial charge in [-0.2, -0.15) is 0 Å². The van der Waals surface area contributed by atoms with Gasteiger partial charge in [0.2, 0.25) is 0 Å². The van der Waals surface area contributed by atoms with E-state index in [-0.39, 0.29) is 18.0 Å². The van der Waals surface area contributed by atoms with Crippen molar-refractivity contribution in [3.05, 3.63) is 65.6 Å². The summed E-state index contributed by atoms with van der Waals surface area (Å²) in [5, 5.41) is 9.86. The number of piperazine rings is 1. The fraction of sp³-hybridized carbons (Fsp3) is 0.333. The van der Waals surface area contributed by atoms with E-state index in [2.05, 4.69) is 26.7 Å². The third-order valence-electron chi connectivity index (χ3n) is 5.55. The first-order chi connectivity index (χ1) is 15.0. The molecule has 1 fully saturated rings. The van der Waals surface area contributed by atoms with Gasteiger partial charge in [-0.3, -0.25) is 9.78 Å². The number of pyridine rings is 1. The van der Waals surface area contributed by atoms with Gasteiger partial charge >= 0.3 is 0 Å². The van der Waals surface area contributed by atoms with Gasteiger partial charge in [-0.1, -0.05) is 6.92 Å². The number of aromatic nitrogens is 3. The van der Waals surface area contributed by atoms with Gasteiger partial charge in [-0.25, -0.2) is 9.97 Å². The van der Waals surface area contributed by atoms with E-state index < -0.39 is 0 Å². The van der Waals surface area contributed by atoms with Crippen molar-refractivity contribution in [3.63, 3.8) is 0 Å². The number of carbonyl (C=O) groups is 1. The molecule has 3 aromatic rings. The average Bonchev–Trinajstić information content (AvgIpc) is 2.79. The van der Waals surface area contributed by atoms with E-state index in [1.54, 1.807) is 24.5 Å². The minimum atomic E-state index is -0.0865. The normalized spacial score (nSPS) is 14.6. The number of hydrogen-bond acceptors (Lipinski definition) is 7. The summed E-state index contributed by atoms with van der Waals surface area (Å²) in [6.45, 7) is 8.82. The molecule has 0 atom stereocenters. The minimum Gasteiger partial charge on any atom is -0.508 e. The van der Waals surface area contributed by atoms with Crippen molar-refractivity contribution in [1.29, 1.82) is 0 Å². The monoisotopic (exact) mass is 417 g/mol.